The molecule has 1 aromatic carbocycles. The van der Waals surface area contributed by atoms with Crippen LogP contribution >= 0.6 is 0 Å². The molecule has 62 valence electrons. The molecule has 0 atom stereocenters. The van der Waals surface area contributed by atoms with Crippen LogP contribution in [0.2, 0.25) is 0 Å². The normalized spacial score (nSPS) is 11.2. The first kappa shape index (κ1) is 9.31. The maximum absolute atomic E-state index is 3.78. The second-order valence-electron chi connectivity index (χ2n) is 2.31. The molecule has 0 fully saturated rings. The number of hydrogen-bond donors (Lipinski definition) is 0. The van der Waals surface area contributed by atoms with Crippen LogP contribution in [0.4, 0.5) is 0 Å². The first-order chi connectivity index (χ1) is 5.86. The summed E-state index contributed by atoms with van der Waals surface area (Å²) in [5.74, 6) is 0. The van der Waals surface area contributed by atoms with Crippen molar-refractivity contribution in [3.05, 3.63) is 53.5 Å². The zero-order valence-electron chi connectivity index (χ0n) is 7.16. The van der Waals surface area contributed by atoms with Gasteiger partial charge in [-0.2, -0.15) is 0 Å². The van der Waals surface area contributed by atoms with E-state index in [9.17, 15) is 0 Å². The van der Waals surface area contributed by atoms with Gasteiger partial charge < -0.3 is 0 Å². The third kappa shape index (κ3) is 2.69. The van der Waals surface area contributed by atoms with Crippen molar-refractivity contribution >= 4 is 19.4 Å². The van der Waals surface area contributed by atoms with Gasteiger partial charge in [-0.05, 0) is 0 Å². The Morgan fingerprint density at radius 3 is 2.50 bits per heavy atom. The van der Waals surface area contributed by atoms with Gasteiger partial charge >= 0.3 is 79.9 Å². The minimum atomic E-state index is 0.428. The first-order valence-corrected chi connectivity index (χ1v) is 5.59. The SMILES string of the molecule is C=C/C(=C/C)[Se]c1ccccc1. The molecule has 0 aliphatic rings. The molecule has 1 rings (SSSR count). The molecular formula is C11H12Se. The zero-order chi connectivity index (χ0) is 8.81. The molecule has 1 heteroatoms. The van der Waals surface area contributed by atoms with Crippen molar-refractivity contribution in [3.8, 4) is 0 Å². The van der Waals surface area contributed by atoms with Gasteiger partial charge in [0.25, 0.3) is 0 Å². The van der Waals surface area contributed by atoms with Gasteiger partial charge in [0.2, 0.25) is 0 Å². The number of allylic oxidation sites excluding steroid dienone is 3. The standard InChI is InChI=1S/C11H12Se/c1-3-10(4-2)12-11-8-6-5-7-9-11/h3-9H,1H2,2H3/b10-4-. The van der Waals surface area contributed by atoms with Crippen LogP contribution in [0.25, 0.3) is 0 Å². The third-order valence-corrected chi connectivity index (χ3v) is 3.87. The fourth-order valence-electron chi connectivity index (χ4n) is 0.843. The molecule has 0 radical (unpaired) electrons. The maximum atomic E-state index is 3.78. The van der Waals surface area contributed by atoms with Gasteiger partial charge in [0, 0.05) is 0 Å². The van der Waals surface area contributed by atoms with Crippen LogP contribution in [0.15, 0.2) is 53.5 Å². The van der Waals surface area contributed by atoms with E-state index in [0.29, 0.717) is 15.0 Å². The molecule has 0 heterocycles. The molecule has 0 aromatic heterocycles. The van der Waals surface area contributed by atoms with Gasteiger partial charge in [0.1, 0.15) is 0 Å². The van der Waals surface area contributed by atoms with Crippen molar-refractivity contribution in [3.63, 3.8) is 0 Å². The van der Waals surface area contributed by atoms with Crippen LogP contribution in [0.5, 0.6) is 0 Å². The van der Waals surface area contributed by atoms with Gasteiger partial charge in [0.15, 0.2) is 0 Å². The van der Waals surface area contributed by atoms with E-state index in [1.807, 2.05) is 12.1 Å². The van der Waals surface area contributed by atoms with Crippen molar-refractivity contribution in [2.24, 2.45) is 0 Å². The molecule has 0 unspecified atom stereocenters. The molecule has 12 heavy (non-hydrogen) atoms. The summed E-state index contributed by atoms with van der Waals surface area (Å²) in [5, 5.41) is 0. The van der Waals surface area contributed by atoms with Crippen molar-refractivity contribution in [2.75, 3.05) is 0 Å². The molecule has 0 saturated carbocycles. The molecule has 0 spiro atoms. The molecule has 0 bridgehead atoms. The minimum absolute atomic E-state index is 0.428. The Balaban J connectivity index is 2.70. The van der Waals surface area contributed by atoms with Crippen LogP contribution in [-0.4, -0.2) is 15.0 Å². The molecule has 0 saturated heterocycles. The summed E-state index contributed by atoms with van der Waals surface area (Å²) in [4.78, 5) is 0. The van der Waals surface area contributed by atoms with E-state index in [1.54, 1.807) is 0 Å². The van der Waals surface area contributed by atoms with Crippen LogP contribution in [0, 0.1) is 0 Å². The number of hydrogen-bond acceptors (Lipinski definition) is 0. The van der Waals surface area contributed by atoms with E-state index in [-0.39, 0.29) is 0 Å². The predicted molar refractivity (Wildman–Crippen MR) is 55.8 cm³/mol. The van der Waals surface area contributed by atoms with Crippen LogP contribution in [0.1, 0.15) is 6.92 Å². The zero-order valence-corrected chi connectivity index (χ0v) is 8.87. The second-order valence-corrected chi connectivity index (χ2v) is 4.72. The molecule has 1 aromatic rings. The fraction of sp³-hybridized carbons (Fsp3) is 0.0909. The Morgan fingerprint density at radius 2 is 2.00 bits per heavy atom. The number of benzene rings is 1. The quantitative estimate of drug-likeness (QED) is 0.543. The van der Waals surface area contributed by atoms with Gasteiger partial charge in [-0.15, -0.1) is 0 Å². The Kier molecular flexibility index (Phi) is 3.86. The van der Waals surface area contributed by atoms with Crippen molar-refractivity contribution in [1.29, 1.82) is 0 Å². The van der Waals surface area contributed by atoms with E-state index in [4.69, 9.17) is 0 Å². The Hall–Kier alpha value is -0.781. The summed E-state index contributed by atoms with van der Waals surface area (Å²) in [7, 11) is 0. The molecule has 0 aliphatic carbocycles. The molecule has 0 nitrogen and oxygen atoms in total. The van der Waals surface area contributed by atoms with Gasteiger partial charge in [0.05, 0.1) is 0 Å². The van der Waals surface area contributed by atoms with Crippen LogP contribution in [-0.2, 0) is 0 Å². The average molecular weight is 223 g/mol. The summed E-state index contributed by atoms with van der Waals surface area (Å²) >= 11 is 0.428. The van der Waals surface area contributed by atoms with Crippen LogP contribution in [0.3, 0.4) is 0 Å². The Labute approximate surface area is 80.2 Å². The van der Waals surface area contributed by atoms with Gasteiger partial charge in [-0.1, -0.05) is 0 Å². The van der Waals surface area contributed by atoms with E-state index >= 15 is 0 Å². The predicted octanol–water partition coefficient (Wildman–Crippen LogP) is 2.11. The number of rotatable bonds is 3. The summed E-state index contributed by atoms with van der Waals surface area (Å²) in [6.07, 6.45) is 4.06. The van der Waals surface area contributed by atoms with Crippen LogP contribution < -0.4 is 4.46 Å². The summed E-state index contributed by atoms with van der Waals surface area (Å²) < 4.78 is 2.74. The second kappa shape index (κ2) is 4.97. The molecule has 0 amide bonds. The van der Waals surface area contributed by atoms with Gasteiger partial charge in [-0.3, -0.25) is 0 Å². The third-order valence-electron chi connectivity index (χ3n) is 1.46. The topological polar surface area (TPSA) is 0 Å². The van der Waals surface area contributed by atoms with Crippen molar-refractivity contribution in [1.82, 2.24) is 0 Å². The van der Waals surface area contributed by atoms with E-state index in [1.165, 1.54) is 8.93 Å². The molecule has 0 N–H and O–H groups in total. The Bertz CT molecular complexity index is 272. The van der Waals surface area contributed by atoms with Crippen molar-refractivity contribution in [2.45, 2.75) is 6.92 Å². The molecular weight excluding hydrogens is 211 g/mol. The Morgan fingerprint density at radius 1 is 1.33 bits per heavy atom. The van der Waals surface area contributed by atoms with E-state index < -0.39 is 0 Å². The summed E-state index contributed by atoms with van der Waals surface area (Å²) in [6, 6.07) is 10.5. The van der Waals surface area contributed by atoms with E-state index in [2.05, 4.69) is 43.8 Å². The van der Waals surface area contributed by atoms with E-state index in [0.717, 1.165) is 0 Å². The average Bonchev–Trinajstić information content (AvgIpc) is 2.16. The summed E-state index contributed by atoms with van der Waals surface area (Å²) in [6.45, 7) is 5.83. The van der Waals surface area contributed by atoms with Crippen molar-refractivity contribution < 1.29 is 0 Å². The summed E-state index contributed by atoms with van der Waals surface area (Å²) in [5.41, 5.74) is 0. The first-order valence-electron chi connectivity index (χ1n) is 3.88. The molecule has 0 aliphatic heterocycles. The van der Waals surface area contributed by atoms with Gasteiger partial charge in [-0.25, -0.2) is 0 Å². The monoisotopic (exact) mass is 224 g/mol. The fourth-order valence-corrected chi connectivity index (χ4v) is 2.45.